The minimum Gasteiger partial charge on any atom is -0.460 e. The van der Waals surface area contributed by atoms with Crippen molar-refractivity contribution in [1.29, 1.82) is 0 Å². The Bertz CT molecular complexity index is 1600. The zero-order valence-electron chi connectivity index (χ0n) is 17.1. The molecular weight excluding hydrogens is 428 g/mol. The summed E-state index contributed by atoms with van der Waals surface area (Å²) in [7, 11) is -2.29. The Labute approximate surface area is 183 Å². The number of amides is 1. The van der Waals surface area contributed by atoms with Gasteiger partial charge in [0.2, 0.25) is 0 Å². The highest BCUT2D eigenvalue weighted by molar-refractivity contribution is 7.93. The number of hydrogen-bond acceptors (Lipinski definition) is 5. The number of Topliss-reactive ketones (excluding diaryl/α,β-unsaturated/α-hetero) is 1. The third-order valence-corrected chi connectivity index (χ3v) is 7.70. The first-order chi connectivity index (χ1) is 15.3. The molecule has 1 amide bonds. The maximum atomic E-state index is 13.3. The van der Waals surface area contributed by atoms with Crippen molar-refractivity contribution in [3.63, 3.8) is 0 Å². The van der Waals surface area contributed by atoms with Crippen LogP contribution in [0.15, 0.2) is 57.8 Å². The first kappa shape index (κ1) is 19.1. The summed E-state index contributed by atoms with van der Waals surface area (Å²) in [4.78, 5) is 26.5. The summed E-state index contributed by atoms with van der Waals surface area (Å²) in [6.07, 6.45) is 1.92. The molecule has 160 valence electrons. The molecule has 0 unspecified atom stereocenters. The number of furan rings is 1. The van der Waals surface area contributed by atoms with Crippen molar-refractivity contribution in [2.75, 3.05) is 16.7 Å². The lowest BCUT2D eigenvalue weighted by molar-refractivity contribution is 0.0969. The van der Waals surface area contributed by atoms with Crippen LogP contribution in [0, 0.1) is 0 Å². The molecule has 8 heteroatoms. The molecule has 1 aromatic heterocycles. The Kier molecular flexibility index (Phi) is 3.83. The standard InChI is InChI=1S/C24H18N2O5S/c1-26-17-9-11-21(14-4-2-5-15(22(14)17)24(26)28)32(29,30)25-13-8-10-19-16(12-13)23-18(27)6-3-7-20(23)31-19/h2,4-5,8-12,25H,3,6-7H2,1H3. The molecule has 0 atom stereocenters. The van der Waals surface area contributed by atoms with Crippen LogP contribution in [0.5, 0.6) is 0 Å². The largest absolute Gasteiger partial charge is 0.460 e. The van der Waals surface area contributed by atoms with E-state index in [1.165, 1.54) is 11.0 Å². The molecule has 32 heavy (non-hydrogen) atoms. The SMILES string of the molecule is CN1C(=O)c2cccc3c(S(=O)(=O)Nc4ccc5oc6c(c5c4)C(=O)CCC6)ccc1c23. The van der Waals surface area contributed by atoms with Gasteiger partial charge in [-0.25, -0.2) is 8.42 Å². The van der Waals surface area contributed by atoms with Crippen LogP contribution in [0.3, 0.4) is 0 Å². The second-order valence-electron chi connectivity index (χ2n) is 8.17. The average Bonchev–Trinajstić information content (AvgIpc) is 3.26. The number of anilines is 2. The molecule has 6 rings (SSSR count). The summed E-state index contributed by atoms with van der Waals surface area (Å²) in [5.41, 5.74) is 2.64. The van der Waals surface area contributed by atoms with E-state index in [0.29, 0.717) is 62.8 Å². The molecule has 4 aromatic rings. The zero-order chi connectivity index (χ0) is 22.2. The van der Waals surface area contributed by atoms with Gasteiger partial charge in [0.15, 0.2) is 5.78 Å². The van der Waals surface area contributed by atoms with Crippen LogP contribution in [0.25, 0.3) is 21.7 Å². The average molecular weight is 446 g/mol. The number of rotatable bonds is 3. The lowest BCUT2D eigenvalue weighted by atomic mass is 9.94. The summed E-state index contributed by atoms with van der Waals surface area (Å²) in [6, 6.07) is 13.2. The quantitative estimate of drug-likeness (QED) is 0.500. The third kappa shape index (κ3) is 2.56. The molecule has 0 saturated heterocycles. The monoisotopic (exact) mass is 446 g/mol. The van der Waals surface area contributed by atoms with E-state index in [0.717, 1.165) is 6.42 Å². The van der Waals surface area contributed by atoms with Gasteiger partial charge in [0, 0.05) is 47.3 Å². The second-order valence-corrected chi connectivity index (χ2v) is 9.82. The Hall–Kier alpha value is -3.65. The van der Waals surface area contributed by atoms with Gasteiger partial charge in [0.25, 0.3) is 15.9 Å². The van der Waals surface area contributed by atoms with Gasteiger partial charge in [0.05, 0.1) is 16.1 Å². The number of hydrogen-bond donors (Lipinski definition) is 1. The van der Waals surface area contributed by atoms with Gasteiger partial charge in [-0.1, -0.05) is 12.1 Å². The van der Waals surface area contributed by atoms with Gasteiger partial charge < -0.3 is 9.32 Å². The molecule has 2 heterocycles. The summed E-state index contributed by atoms with van der Waals surface area (Å²) >= 11 is 0. The summed E-state index contributed by atoms with van der Waals surface area (Å²) in [5.74, 6) is 0.525. The first-order valence-corrected chi connectivity index (χ1v) is 11.8. The number of carbonyl (C=O) groups excluding carboxylic acids is 2. The van der Waals surface area contributed by atoms with E-state index in [1.54, 1.807) is 49.5 Å². The number of aryl methyl sites for hydroxylation is 1. The number of carbonyl (C=O) groups is 2. The van der Waals surface area contributed by atoms with Crippen molar-refractivity contribution in [3.05, 3.63) is 65.4 Å². The van der Waals surface area contributed by atoms with E-state index >= 15 is 0 Å². The van der Waals surface area contributed by atoms with Crippen molar-refractivity contribution in [3.8, 4) is 0 Å². The van der Waals surface area contributed by atoms with E-state index in [4.69, 9.17) is 4.42 Å². The maximum absolute atomic E-state index is 13.3. The van der Waals surface area contributed by atoms with E-state index in [2.05, 4.69) is 4.72 Å². The van der Waals surface area contributed by atoms with Crippen molar-refractivity contribution in [2.45, 2.75) is 24.2 Å². The number of nitrogens with zero attached hydrogens (tertiary/aromatic N) is 1. The Balaban J connectivity index is 1.46. The van der Waals surface area contributed by atoms with Crippen LogP contribution in [-0.2, 0) is 16.4 Å². The minimum atomic E-state index is -3.96. The summed E-state index contributed by atoms with van der Waals surface area (Å²) in [6.45, 7) is 0. The fourth-order valence-electron chi connectivity index (χ4n) is 4.78. The van der Waals surface area contributed by atoms with E-state index in [1.807, 2.05) is 0 Å². The van der Waals surface area contributed by atoms with Crippen LogP contribution in [-0.4, -0.2) is 27.2 Å². The smallest absolute Gasteiger partial charge is 0.262 e. The lowest BCUT2D eigenvalue weighted by Gasteiger charge is -2.13. The van der Waals surface area contributed by atoms with Gasteiger partial charge in [-0.2, -0.15) is 0 Å². The lowest BCUT2D eigenvalue weighted by Crippen LogP contribution is -2.20. The predicted molar refractivity (Wildman–Crippen MR) is 121 cm³/mol. The summed E-state index contributed by atoms with van der Waals surface area (Å²) < 4.78 is 35.1. The molecule has 3 aromatic carbocycles. The Morgan fingerprint density at radius 2 is 1.84 bits per heavy atom. The highest BCUT2D eigenvalue weighted by Crippen LogP contribution is 2.40. The van der Waals surface area contributed by atoms with Gasteiger partial charge in [-0.3, -0.25) is 14.3 Å². The molecule has 0 radical (unpaired) electrons. The number of benzene rings is 3. The third-order valence-electron chi connectivity index (χ3n) is 6.26. The predicted octanol–water partition coefficient (Wildman–Crippen LogP) is 4.50. The Morgan fingerprint density at radius 1 is 1.00 bits per heavy atom. The molecule has 0 saturated carbocycles. The number of sulfonamides is 1. The molecule has 7 nitrogen and oxygen atoms in total. The normalized spacial score (nSPS) is 15.6. The fourth-order valence-corrected chi connectivity index (χ4v) is 6.04. The first-order valence-electron chi connectivity index (χ1n) is 10.3. The zero-order valence-corrected chi connectivity index (χ0v) is 18.0. The van der Waals surface area contributed by atoms with E-state index < -0.39 is 10.0 Å². The minimum absolute atomic E-state index is 0.0197. The highest BCUT2D eigenvalue weighted by atomic mass is 32.2. The number of fused-ring (bicyclic) bond motifs is 3. The number of ketones is 1. The molecule has 0 fully saturated rings. The second kappa shape index (κ2) is 6.43. The molecule has 0 bridgehead atoms. The van der Waals surface area contributed by atoms with Crippen molar-refractivity contribution < 1.29 is 22.4 Å². The molecule has 1 aliphatic heterocycles. The van der Waals surface area contributed by atoms with Gasteiger partial charge in [-0.15, -0.1) is 0 Å². The molecule has 1 aliphatic carbocycles. The van der Waals surface area contributed by atoms with Crippen LogP contribution in [0.2, 0.25) is 0 Å². The van der Waals surface area contributed by atoms with Gasteiger partial charge >= 0.3 is 0 Å². The van der Waals surface area contributed by atoms with Crippen molar-refractivity contribution in [2.24, 2.45) is 0 Å². The topological polar surface area (TPSA) is 96.7 Å². The maximum Gasteiger partial charge on any atom is 0.262 e. The summed E-state index contributed by atoms with van der Waals surface area (Å²) in [5, 5.41) is 1.74. The molecular formula is C24H18N2O5S. The van der Waals surface area contributed by atoms with E-state index in [9.17, 15) is 18.0 Å². The van der Waals surface area contributed by atoms with E-state index in [-0.39, 0.29) is 16.6 Å². The van der Waals surface area contributed by atoms with Crippen LogP contribution in [0.1, 0.15) is 39.3 Å². The van der Waals surface area contributed by atoms with Gasteiger partial charge in [-0.05, 0) is 42.8 Å². The van der Waals surface area contributed by atoms with Crippen molar-refractivity contribution >= 4 is 54.8 Å². The van der Waals surface area contributed by atoms with Crippen LogP contribution >= 0.6 is 0 Å². The highest BCUT2D eigenvalue weighted by Gasteiger charge is 2.30. The van der Waals surface area contributed by atoms with Gasteiger partial charge in [0.1, 0.15) is 11.3 Å². The van der Waals surface area contributed by atoms with Crippen LogP contribution < -0.4 is 9.62 Å². The van der Waals surface area contributed by atoms with Crippen LogP contribution in [0.4, 0.5) is 11.4 Å². The molecule has 0 spiro atoms. The molecule has 1 N–H and O–H groups in total. The number of nitrogens with one attached hydrogen (secondary N) is 1. The Morgan fingerprint density at radius 3 is 2.69 bits per heavy atom. The molecule has 2 aliphatic rings. The van der Waals surface area contributed by atoms with Crippen molar-refractivity contribution in [1.82, 2.24) is 0 Å². The fraction of sp³-hybridized carbons (Fsp3) is 0.167.